The Labute approximate surface area is 105 Å². The Bertz CT molecular complexity index is 191. The zero-order valence-corrected chi connectivity index (χ0v) is 11.2. The SMILES string of the molecule is ClCC1(NC2CCCCCC2)CCCCC1. The third kappa shape index (κ3) is 3.37. The summed E-state index contributed by atoms with van der Waals surface area (Å²) in [4.78, 5) is 0. The quantitative estimate of drug-likeness (QED) is 0.578. The fourth-order valence-corrected chi connectivity index (χ4v) is 3.75. The first-order valence-corrected chi connectivity index (χ1v) is 7.72. The van der Waals surface area contributed by atoms with Crippen LogP contribution in [0.3, 0.4) is 0 Å². The van der Waals surface area contributed by atoms with Crippen molar-refractivity contribution in [1.29, 1.82) is 0 Å². The topological polar surface area (TPSA) is 12.0 Å². The molecule has 0 aromatic carbocycles. The van der Waals surface area contributed by atoms with Gasteiger partial charge in [-0.3, -0.25) is 0 Å². The van der Waals surface area contributed by atoms with Crippen LogP contribution in [-0.4, -0.2) is 17.5 Å². The van der Waals surface area contributed by atoms with Crippen LogP contribution in [0.2, 0.25) is 0 Å². The fourth-order valence-electron chi connectivity index (χ4n) is 3.40. The van der Waals surface area contributed by atoms with E-state index in [-0.39, 0.29) is 5.54 Å². The summed E-state index contributed by atoms with van der Waals surface area (Å²) < 4.78 is 0. The number of hydrogen-bond acceptors (Lipinski definition) is 1. The van der Waals surface area contributed by atoms with Crippen LogP contribution in [0.5, 0.6) is 0 Å². The Kier molecular flexibility index (Phi) is 4.97. The first-order chi connectivity index (χ1) is 7.85. The molecule has 0 unspecified atom stereocenters. The third-order valence-electron chi connectivity index (χ3n) is 4.43. The molecule has 0 bridgehead atoms. The lowest BCUT2D eigenvalue weighted by Gasteiger charge is -2.40. The van der Waals surface area contributed by atoms with Gasteiger partial charge in [-0.05, 0) is 25.7 Å². The van der Waals surface area contributed by atoms with E-state index in [9.17, 15) is 0 Å². The highest BCUT2D eigenvalue weighted by molar-refractivity contribution is 6.18. The minimum absolute atomic E-state index is 0.287. The van der Waals surface area contributed by atoms with Gasteiger partial charge in [0.05, 0.1) is 0 Å². The van der Waals surface area contributed by atoms with E-state index in [1.54, 1.807) is 0 Å². The van der Waals surface area contributed by atoms with E-state index in [0.29, 0.717) is 0 Å². The average Bonchev–Trinajstić information content (AvgIpc) is 2.59. The van der Waals surface area contributed by atoms with Gasteiger partial charge in [0.2, 0.25) is 0 Å². The number of alkyl halides is 1. The van der Waals surface area contributed by atoms with Crippen molar-refractivity contribution in [3.63, 3.8) is 0 Å². The molecule has 0 aromatic rings. The van der Waals surface area contributed by atoms with Gasteiger partial charge < -0.3 is 5.32 Å². The van der Waals surface area contributed by atoms with Crippen molar-refractivity contribution in [1.82, 2.24) is 5.32 Å². The molecule has 2 saturated carbocycles. The van der Waals surface area contributed by atoms with E-state index in [0.717, 1.165) is 11.9 Å². The number of hydrogen-bond donors (Lipinski definition) is 1. The maximum atomic E-state index is 6.23. The summed E-state index contributed by atoms with van der Waals surface area (Å²) in [6.07, 6.45) is 15.2. The molecular weight excluding hydrogens is 218 g/mol. The fraction of sp³-hybridized carbons (Fsp3) is 1.00. The van der Waals surface area contributed by atoms with Gasteiger partial charge in [-0.2, -0.15) is 0 Å². The van der Waals surface area contributed by atoms with Gasteiger partial charge in [0.15, 0.2) is 0 Å². The molecular formula is C14H26ClN. The lowest BCUT2D eigenvalue weighted by Crippen LogP contribution is -2.52. The molecule has 2 fully saturated rings. The first kappa shape index (κ1) is 12.7. The largest absolute Gasteiger partial charge is 0.307 e. The molecule has 0 spiro atoms. The van der Waals surface area contributed by atoms with Crippen LogP contribution in [-0.2, 0) is 0 Å². The predicted molar refractivity (Wildman–Crippen MR) is 71.2 cm³/mol. The first-order valence-electron chi connectivity index (χ1n) is 7.18. The average molecular weight is 244 g/mol. The van der Waals surface area contributed by atoms with E-state index in [4.69, 9.17) is 11.6 Å². The summed E-state index contributed by atoms with van der Waals surface area (Å²) in [5.41, 5.74) is 0.287. The Morgan fingerprint density at radius 3 is 2.00 bits per heavy atom. The zero-order chi connectivity index (χ0) is 11.3. The molecule has 1 N–H and O–H groups in total. The number of halogens is 1. The molecule has 0 saturated heterocycles. The van der Waals surface area contributed by atoms with Gasteiger partial charge in [0.1, 0.15) is 0 Å². The Hall–Kier alpha value is 0.250. The van der Waals surface area contributed by atoms with Crippen molar-refractivity contribution in [2.45, 2.75) is 82.2 Å². The second-order valence-electron chi connectivity index (χ2n) is 5.81. The standard InChI is InChI=1S/C14H26ClN/c15-12-14(10-6-3-7-11-14)16-13-8-4-1-2-5-9-13/h13,16H,1-12H2. The van der Waals surface area contributed by atoms with Gasteiger partial charge in [-0.15, -0.1) is 11.6 Å². The second-order valence-corrected chi connectivity index (χ2v) is 6.07. The summed E-state index contributed by atoms with van der Waals surface area (Å²) in [6.45, 7) is 0. The summed E-state index contributed by atoms with van der Waals surface area (Å²) >= 11 is 6.23. The van der Waals surface area contributed by atoms with E-state index >= 15 is 0 Å². The van der Waals surface area contributed by atoms with Gasteiger partial charge >= 0.3 is 0 Å². The Morgan fingerprint density at radius 2 is 1.44 bits per heavy atom. The molecule has 1 nitrogen and oxygen atoms in total. The highest BCUT2D eigenvalue weighted by Gasteiger charge is 2.32. The van der Waals surface area contributed by atoms with Crippen LogP contribution >= 0.6 is 11.6 Å². The normalized spacial score (nSPS) is 27.6. The van der Waals surface area contributed by atoms with Gasteiger partial charge in [-0.1, -0.05) is 44.9 Å². The lowest BCUT2D eigenvalue weighted by molar-refractivity contribution is 0.222. The molecule has 2 rings (SSSR count). The number of nitrogens with one attached hydrogen (secondary N) is 1. The molecule has 0 radical (unpaired) electrons. The van der Waals surface area contributed by atoms with Gasteiger partial charge in [0, 0.05) is 17.5 Å². The van der Waals surface area contributed by atoms with Crippen LogP contribution in [0.4, 0.5) is 0 Å². The molecule has 16 heavy (non-hydrogen) atoms. The van der Waals surface area contributed by atoms with Gasteiger partial charge in [-0.25, -0.2) is 0 Å². The molecule has 2 aliphatic rings. The highest BCUT2D eigenvalue weighted by atomic mass is 35.5. The van der Waals surface area contributed by atoms with E-state index < -0.39 is 0 Å². The predicted octanol–water partition coefficient (Wildman–Crippen LogP) is 4.24. The van der Waals surface area contributed by atoms with Crippen LogP contribution in [0.1, 0.15) is 70.6 Å². The smallest absolute Gasteiger partial charge is 0.0406 e. The van der Waals surface area contributed by atoms with Crippen molar-refractivity contribution in [3.05, 3.63) is 0 Å². The van der Waals surface area contributed by atoms with E-state index in [1.807, 2.05) is 0 Å². The summed E-state index contributed by atoms with van der Waals surface area (Å²) in [5.74, 6) is 0.809. The molecule has 0 heterocycles. The van der Waals surface area contributed by atoms with E-state index in [2.05, 4.69) is 5.32 Å². The summed E-state index contributed by atoms with van der Waals surface area (Å²) in [6, 6.07) is 0.749. The lowest BCUT2D eigenvalue weighted by atomic mass is 9.82. The van der Waals surface area contributed by atoms with E-state index in [1.165, 1.54) is 70.6 Å². The van der Waals surface area contributed by atoms with Crippen molar-refractivity contribution >= 4 is 11.6 Å². The minimum Gasteiger partial charge on any atom is -0.307 e. The molecule has 0 amide bonds. The van der Waals surface area contributed by atoms with Gasteiger partial charge in [0.25, 0.3) is 0 Å². The van der Waals surface area contributed by atoms with Crippen LogP contribution in [0, 0.1) is 0 Å². The second kappa shape index (κ2) is 6.26. The molecule has 0 aromatic heterocycles. The molecule has 2 heteroatoms. The highest BCUT2D eigenvalue weighted by Crippen LogP contribution is 2.31. The minimum atomic E-state index is 0.287. The van der Waals surface area contributed by atoms with Crippen molar-refractivity contribution in [3.8, 4) is 0 Å². The Morgan fingerprint density at radius 1 is 0.875 bits per heavy atom. The van der Waals surface area contributed by atoms with Crippen molar-refractivity contribution in [2.24, 2.45) is 0 Å². The maximum Gasteiger partial charge on any atom is 0.0406 e. The van der Waals surface area contributed by atoms with Crippen LogP contribution in [0.25, 0.3) is 0 Å². The van der Waals surface area contributed by atoms with Crippen molar-refractivity contribution in [2.75, 3.05) is 5.88 Å². The summed E-state index contributed by atoms with van der Waals surface area (Å²) in [7, 11) is 0. The molecule has 94 valence electrons. The molecule has 2 aliphatic carbocycles. The van der Waals surface area contributed by atoms with Crippen LogP contribution < -0.4 is 5.32 Å². The summed E-state index contributed by atoms with van der Waals surface area (Å²) in [5, 5.41) is 3.93. The maximum absolute atomic E-state index is 6.23. The van der Waals surface area contributed by atoms with Crippen LogP contribution in [0.15, 0.2) is 0 Å². The monoisotopic (exact) mass is 243 g/mol. The third-order valence-corrected chi connectivity index (χ3v) is 4.94. The van der Waals surface area contributed by atoms with Crippen molar-refractivity contribution < 1.29 is 0 Å². The molecule has 0 aliphatic heterocycles. The number of rotatable bonds is 3. The zero-order valence-electron chi connectivity index (χ0n) is 10.4. The molecule has 0 atom stereocenters. The Balaban J connectivity index is 1.88.